The van der Waals surface area contributed by atoms with E-state index in [2.05, 4.69) is 5.32 Å². The molecule has 1 saturated carbocycles. The fourth-order valence-corrected chi connectivity index (χ4v) is 1.74. The van der Waals surface area contributed by atoms with Crippen molar-refractivity contribution in [2.45, 2.75) is 38.1 Å². The number of nitrogens with zero attached hydrogens (tertiary/aromatic N) is 1. The maximum Gasteiger partial charge on any atom is 0.230 e. The minimum absolute atomic E-state index is 0.125. The largest absolute Gasteiger partial charge is 0.353 e. The highest BCUT2D eigenvalue weighted by Gasteiger charge is 2.34. The Kier molecular flexibility index (Phi) is 3.08. The summed E-state index contributed by atoms with van der Waals surface area (Å²) in [5.74, 6) is -0.615. The monoisotopic (exact) mass is 246 g/mol. The number of carbonyl (C=O) groups is 1. The normalized spacial score (nSPS) is 15.0. The molecule has 0 spiro atoms. The molecule has 1 N–H and O–H groups in total. The number of hydrogen-bond donors (Lipinski definition) is 1. The van der Waals surface area contributed by atoms with Gasteiger partial charge < -0.3 is 5.32 Å². The number of hydrogen-bond acceptors (Lipinski definition) is 2. The van der Waals surface area contributed by atoms with Crippen LogP contribution in [0.2, 0.25) is 0 Å². The quantitative estimate of drug-likeness (QED) is 0.889. The summed E-state index contributed by atoms with van der Waals surface area (Å²) < 4.78 is 13.4. The molecule has 0 heterocycles. The molecule has 1 aromatic carbocycles. The van der Waals surface area contributed by atoms with E-state index < -0.39 is 11.2 Å². The van der Waals surface area contributed by atoms with E-state index in [1.165, 1.54) is 12.1 Å². The lowest BCUT2D eigenvalue weighted by atomic mass is 9.83. The lowest BCUT2D eigenvalue weighted by Crippen LogP contribution is -2.41. The fraction of sp³-hybridized carbons (Fsp3) is 0.429. The van der Waals surface area contributed by atoms with Crippen molar-refractivity contribution in [1.82, 2.24) is 5.32 Å². The lowest BCUT2D eigenvalue weighted by Gasteiger charge is -2.24. The number of amides is 1. The van der Waals surface area contributed by atoms with Gasteiger partial charge >= 0.3 is 0 Å². The van der Waals surface area contributed by atoms with Crippen molar-refractivity contribution in [2.75, 3.05) is 0 Å². The third kappa shape index (κ3) is 2.51. The van der Waals surface area contributed by atoms with Crippen LogP contribution in [0.25, 0.3) is 0 Å². The Morgan fingerprint density at radius 1 is 1.44 bits per heavy atom. The fourth-order valence-electron chi connectivity index (χ4n) is 1.74. The Morgan fingerprint density at radius 3 is 2.67 bits per heavy atom. The molecule has 1 aliphatic rings. The van der Waals surface area contributed by atoms with Crippen molar-refractivity contribution < 1.29 is 9.18 Å². The van der Waals surface area contributed by atoms with Gasteiger partial charge in [-0.05, 0) is 50.5 Å². The van der Waals surface area contributed by atoms with Crippen molar-refractivity contribution in [2.24, 2.45) is 0 Å². The van der Waals surface area contributed by atoms with Gasteiger partial charge in [0, 0.05) is 6.04 Å². The first-order chi connectivity index (χ1) is 8.43. The molecule has 18 heavy (non-hydrogen) atoms. The van der Waals surface area contributed by atoms with Crippen LogP contribution in [0.5, 0.6) is 0 Å². The Balaban J connectivity index is 2.30. The second-order valence-corrected chi connectivity index (χ2v) is 5.21. The molecule has 2 rings (SSSR count). The van der Waals surface area contributed by atoms with E-state index in [1.54, 1.807) is 19.9 Å². The van der Waals surface area contributed by atoms with Gasteiger partial charge in [-0.2, -0.15) is 5.26 Å². The Labute approximate surface area is 106 Å². The van der Waals surface area contributed by atoms with Crippen molar-refractivity contribution >= 4 is 5.91 Å². The number of nitriles is 1. The van der Waals surface area contributed by atoms with Gasteiger partial charge in [0.05, 0.1) is 17.0 Å². The standard InChI is InChI=1S/C14H15FN2O/c1-14(2,13(18)17-12-3-4-12)10-5-9(8-16)6-11(15)7-10/h5-7,12H,3-4H2,1-2H3,(H,17,18). The van der Waals surface area contributed by atoms with E-state index in [4.69, 9.17) is 5.26 Å². The molecule has 0 bridgehead atoms. The first-order valence-corrected chi connectivity index (χ1v) is 5.95. The molecule has 1 amide bonds. The van der Waals surface area contributed by atoms with E-state index >= 15 is 0 Å². The van der Waals surface area contributed by atoms with E-state index in [0.29, 0.717) is 5.56 Å². The number of carbonyl (C=O) groups excluding carboxylic acids is 1. The smallest absolute Gasteiger partial charge is 0.230 e. The highest BCUT2D eigenvalue weighted by Crippen LogP contribution is 2.27. The number of benzene rings is 1. The summed E-state index contributed by atoms with van der Waals surface area (Å²) in [7, 11) is 0. The molecular formula is C14H15FN2O. The molecule has 0 aliphatic heterocycles. The van der Waals surface area contributed by atoms with Crippen LogP contribution < -0.4 is 5.32 Å². The zero-order valence-corrected chi connectivity index (χ0v) is 10.5. The molecule has 1 aliphatic carbocycles. The molecule has 1 fully saturated rings. The number of nitrogens with one attached hydrogen (secondary N) is 1. The summed E-state index contributed by atoms with van der Waals surface area (Å²) in [5, 5.41) is 11.7. The minimum Gasteiger partial charge on any atom is -0.353 e. The van der Waals surface area contributed by atoms with Crippen molar-refractivity contribution in [3.8, 4) is 6.07 Å². The highest BCUT2D eigenvalue weighted by molar-refractivity contribution is 5.87. The summed E-state index contributed by atoms with van der Waals surface area (Å²) in [6.07, 6.45) is 2.02. The maximum absolute atomic E-state index is 13.4. The van der Waals surface area contributed by atoms with Crippen LogP contribution in [0.1, 0.15) is 37.8 Å². The minimum atomic E-state index is -0.837. The van der Waals surface area contributed by atoms with E-state index in [9.17, 15) is 9.18 Å². The number of halogens is 1. The molecule has 0 aromatic heterocycles. The Morgan fingerprint density at radius 2 is 2.11 bits per heavy atom. The predicted octanol–water partition coefficient (Wildman–Crippen LogP) is 2.25. The highest BCUT2D eigenvalue weighted by atomic mass is 19.1. The van der Waals surface area contributed by atoms with Gasteiger partial charge in [-0.3, -0.25) is 4.79 Å². The van der Waals surface area contributed by atoms with Gasteiger partial charge in [0.2, 0.25) is 5.91 Å². The molecule has 0 saturated heterocycles. The molecule has 0 radical (unpaired) electrons. The van der Waals surface area contributed by atoms with Gasteiger partial charge in [-0.15, -0.1) is 0 Å². The first-order valence-electron chi connectivity index (χ1n) is 5.95. The number of rotatable bonds is 3. The summed E-state index contributed by atoms with van der Waals surface area (Å²) in [4.78, 5) is 12.1. The molecule has 1 aromatic rings. The molecular weight excluding hydrogens is 231 g/mol. The SMILES string of the molecule is CC(C)(C(=O)NC1CC1)c1cc(F)cc(C#N)c1. The van der Waals surface area contributed by atoms with Crippen molar-refractivity contribution in [1.29, 1.82) is 5.26 Å². The van der Waals surface area contributed by atoms with Crippen LogP contribution >= 0.6 is 0 Å². The Bertz CT molecular complexity index is 527. The van der Waals surface area contributed by atoms with Crippen LogP contribution in [0.3, 0.4) is 0 Å². The molecule has 3 nitrogen and oxygen atoms in total. The van der Waals surface area contributed by atoms with Crippen LogP contribution in [0.15, 0.2) is 18.2 Å². The zero-order valence-electron chi connectivity index (χ0n) is 10.5. The third-order valence-electron chi connectivity index (χ3n) is 3.23. The van der Waals surface area contributed by atoms with Crippen LogP contribution in [-0.4, -0.2) is 11.9 Å². The molecule has 0 unspecified atom stereocenters. The van der Waals surface area contributed by atoms with Crippen LogP contribution in [0, 0.1) is 17.1 Å². The topological polar surface area (TPSA) is 52.9 Å². The van der Waals surface area contributed by atoms with Crippen molar-refractivity contribution in [3.63, 3.8) is 0 Å². The summed E-state index contributed by atoms with van der Waals surface area (Å²) >= 11 is 0. The molecule has 94 valence electrons. The van der Waals surface area contributed by atoms with E-state index in [-0.39, 0.29) is 17.5 Å². The average Bonchev–Trinajstić information content (AvgIpc) is 3.11. The summed E-state index contributed by atoms with van der Waals surface area (Å²) in [6, 6.07) is 6.21. The van der Waals surface area contributed by atoms with Gasteiger partial charge in [0.1, 0.15) is 5.82 Å². The predicted molar refractivity (Wildman–Crippen MR) is 65.3 cm³/mol. The van der Waals surface area contributed by atoms with Crippen LogP contribution in [-0.2, 0) is 10.2 Å². The van der Waals surface area contributed by atoms with E-state index in [0.717, 1.165) is 12.8 Å². The molecule has 0 atom stereocenters. The first kappa shape index (κ1) is 12.6. The second kappa shape index (κ2) is 4.41. The maximum atomic E-state index is 13.4. The van der Waals surface area contributed by atoms with Crippen molar-refractivity contribution in [3.05, 3.63) is 35.1 Å². The Hall–Kier alpha value is -1.89. The lowest BCUT2D eigenvalue weighted by molar-refractivity contribution is -0.125. The molecule has 4 heteroatoms. The third-order valence-corrected chi connectivity index (χ3v) is 3.23. The van der Waals surface area contributed by atoms with E-state index in [1.807, 2.05) is 6.07 Å². The van der Waals surface area contributed by atoms with Gasteiger partial charge in [0.25, 0.3) is 0 Å². The van der Waals surface area contributed by atoms with Gasteiger partial charge in [-0.25, -0.2) is 4.39 Å². The summed E-state index contributed by atoms with van der Waals surface area (Å²) in [5.41, 5.74) is -0.0782. The average molecular weight is 246 g/mol. The van der Waals surface area contributed by atoms with Crippen LogP contribution in [0.4, 0.5) is 4.39 Å². The summed E-state index contributed by atoms with van der Waals surface area (Å²) in [6.45, 7) is 3.47. The second-order valence-electron chi connectivity index (χ2n) is 5.21. The zero-order chi connectivity index (χ0) is 13.3. The van der Waals surface area contributed by atoms with Gasteiger partial charge in [-0.1, -0.05) is 0 Å². The van der Waals surface area contributed by atoms with Gasteiger partial charge in [0.15, 0.2) is 0 Å².